The molecule has 0 aliphatic heterocycles. The van der Waals surface area contributed by atoms with E-state index in [-0.39, 0.29) is 5.56 Å². The second-order valence-corrected chi connectivity index (χ2v) is 9.73. The van der Waals surface area contributed by atoms with E-state index in [9.17, 15) is 41.1 Å². The molecule has 2 aromatic carbocycles. The van der Waals surface area contributed by atoms with Crippen molar-refractivity contribution in [3.05, 3.63) is 75.8 Å². The molecule has 0 bridgehead atoms. The van der Waals surface area contributed by atoms with Gasteiger partial charge < -0.3 is 16.0 Å². The zero-order valence-electron chi connectivity index (χ0n) is 21.0. The summed E-state index contributed by atoms with van der Waals surface area (Å²) in [6.45, 7) is 0.480. The predicted molar refractivity (Wildman–Crippen MR) is 139 cm³/mol. The van der Waals surface area contributed by atoms with E-state index < -0.39 is 60.1 Å². The third-order valence-corrected chi connectivity index (χ3v) is 5.72. The molecule has 2 aromatic rings. The van der Waals surface area contributed by atoms with Crippen LogP contribution in [0.2, 0.25) is 10.0 Å². The third kappa shape index (κ3) is 9.60. The molecule has 40 heavy (non-hydrogen) atoms. The van der Waals surface area contributed by atoms with Gasteiger partial charge in [0.05, 0.1) is 6.04 Å². The van der Waals surface area contributed by atoms with Gasteiger partial charge in [-0.1, -0.05) is 67.4 Å². The second-order valence-electron chi connectivity index (χ2n) is 8.86. The summed E-state index contributed by atoms with van der Waals surface area (Å²) < 4.78 is 66.1. The summed E-state index contributed by atoms with van der Waals surface area (Å²) in [5.41, 5.74) is 0.682. The Labute approximate surface area is 236 Å². The lowest BCUT2D eigenvalue weighted by Crippen LogP contribution is -2.58. The van der Waals surface area contributed by atoms with E-state index in [0.717, 1.165) is 11.4 Å². The molecule has 0 fully saturated rings. The van der Waals surface area contributed by atoms with Gasteiger partial charge in [-0.2, -0.15) is 22.0 Å². The Morgan fingerprint density at radius 2 is 1.48 bits per heavy atom. The number of halogens is 7. The largest absolute Gasteiger partial charge is 0.405 e. The molecule has 0 saturated heterocycles. The van der Waals surface area contributed by atoms with E-state index in [1.807, 2.05) is 0 Å². The zero-order chi connectivity index (χ0) is 30.3. The smallest absolute Gasteiger partial charge is 0.344 e. The van der Waals surface area contributed by atoms with Gasteiger partial charge in [0.2, 0.25) is 17.6 Å². The van der Waals surface area contributed by atoms with Crippen molar-refractivity contribution >= 4 is 52.8 Å². The molecule has 0 saturated carbocycles. The van der Waals surface area contributed by atoms with Crippen molar-refractivity contribution in [1.29, 1.82) is 0 Å². The number of carbonyl (C=O) groups excluding carboxylic acids is 4. The van der Waals surface area contributed by atoms with E-state index in [2.05, 4.69) is 10.6 Å². The SMILES string of the molecule is CC(C)C(NC(=O)C(NC(=O)/C=C/c1cc(Cl)cc(Cl)c1)c1ccccc1)C(=O)C(F)(F)C(=O)NCC(F)(F)F. The van der Waals surface area contributed by atoms with Crippen LogP contribution in [-0.2, 0) is 19.2 Å². The number of hydrogen-bond donors (Lipinski definition) is 3. The maximum Gasteiger partial charge on any atom is 0.405 e. The normalized spacial score (nSPS) is 13.6. The molecule has 0 aromatic heterocycles. The molecule has 2 atom stereocenters. The number of Topliss-reactive ketones (excluding diaryl/α,β-unsaturated/α-hetero) is 1. The van der Waals surface area contributed by atoms with Crippen LogP contribution in [0.1, 0.15) is 31.0 Å². The van der Waals surface area contributed by atoms with Gasteiger partial charge in [-0.25, -0.2) is 0 Å². The monoisotopic (exact) mass is 607 g/mol. The Hall–Kier alpha value is -3.51. The molecular weight excluding hydrogens is 584 g/mol. The van der Waals surface area contributed by atoms with E-state index in [0.29, 0.717) is 15.6 Å². The lowest BCUT2D eigenvalue weighted by molar-refractivity contribution is -0.165. The summed E-state index contributed by atoms with van der Waals surface area (Å²) in [6.07, 6.45) is -2.57. The Bertz CT molecular complexity index is 1250. The Morgan fingerprint density at radius 1 is 0.900 bits per heavy atom. The molecule has 0 aliphatic carbocycles. The van der Waals surface area contributed by atoms with E-state index in [1.165, 1.54) is 62.4 Å². The fourth-order valence-corrected chi connectivity index (χ4v) is 3.89. The van der Waals surface area contributed by atoms with Gasteiger partial charge in [0, 0.05) is 16.1 Å². The minimum absolute atomic E-state index is 0.220. The molecule has 3 amide bonds. The summed E-state index contributed by atoms with van der Waals surface area (Å²) in [4.78, 5) is 50.1. The maximum atomic E-state index is 14.5. The van der Waals surface area contributed by atoms with Crippen molar-refractivity contribution in [3.8, 4) is 0 Å². The lowest BCUT2D eigenvalue weighted by Gasteiger charge is -2.27. The Balaban J connectivity index is 2.27. The van der Waals surface area contributed by atoms with Gasteiger partial charge in [0.25, 0.3) is 5.91 Å². The van der Waals surface area contributed by atoms with Crippen molar-refractivity contribution in [2.45, 2.75) is 38.0 Å². The van der Waals surface area contributed by atoms with Crippen molar-refractivity contribution in [2.24, 2.45) is 5.92 Å². The molecule has 14 heteroatoms. The molecule has 7 nitrogen and oxygen atoms in total. The van der Waals surface area contributed by atoms with Crippen LogP contribution in [0.15, 0.2) is 54.6 Å². The Kier molecular flexibility index (Phi) is 11.2. The molecule has 0 aliphatic rings. The molecule has 2 unspecified atom stereocenters. The number of amides is 3. The number of ketones is 1. The average molecular weight is 608 g/mol. The van der Waals surface area contributed by atoms with Crippen molar-refractivity contribution in [1.82, 2.24) is 16.0 Å². The Morgan fingerprint density at radius 3 is 2.00 bits per heavy atom. The minimum atomic E-state index is -4.99. The van der Waals surface area contributed by atoms with Crippen LogP contribution in [0.25, 0.3) is 6.08 Å². The number of carbonyl (C=O) groups is 4. The highest BCUT2D eigenvalue weighted by Gasteiger charge is 2.52. The number of hydrogen-bond acceptors (Lipinski definition) is 4. The molecule has 3 N–H and O–H groups in total. The predicted octanol–water partition coefficient (Wildman–Crippen LogP) is 4.89. The van der Waals surface area contributed by atoms with Crippen LogP contribution in [0.5, 0.6) is 0 Å². The molecule has 2 rings (SSSR count). The first-order chi connectivity index (χ1) is 18.5. The number of benzene rings is 2. The first kappa shape index (κ1) is 32.7. The van der Waals surface area contributed by atoms with Gasteiger partial charge in [-0.05, 0) is 41.3 Å². The summed E-state index contributed by atoms with van der Waals surface area (Å²) in [6, 6.07) is 8.63. The van der Waals surface area contributed by atoms with Crippen LogP contribution >= 0.6 is 23.2 Å². The average Bonchev–Trinajstić information content (AvgIpc) is 2.86. The highest BCUT2D eigenvalue weighted by molar-refractivity contribution is 6.34. The summed E-state index contributed by atoms with van der Waals surface area (Å²) in [7, 11) is 0. The topological polar surface area (TPSA) is 104 Å². The summed E-state index contributed by atoms with van der Waals surface area (Å²) in [5, 5.41) is 6.09. The highest BCUT2D eigenvalue weighted by Crippen LogP contribution is 2.23. The summed E-state index contributed by atoms with van der Waals surface area (Å²) in [5.74, 6) is -12.4. The van der Waals surface area contributed by atoms with Gasteiger partial charge in [0.15, 0.2) is 0 Å². The molecule has 0 spiro atoms. The quantitative estimate of drug-likeness (QED) is 0.192. The standard InChI is InChI=1S/C26H24Cl2F5N3O4/c1-14(2)20(22(38)26(32,33)24(40)34-13-25(29,30)31)36-23(39)21(16-6-4-3-5-7-16)35-19(37)9-8-15-10-17(27)12-18(28)11-15/h3-12,14,20-21H,13H2,1-2H3,(H,34,40)(H,35,37)(H,36,39)/b9-8+. The first-order valence-electron chi connectivity index (χ1n) is 11.6. The minimum Gasteiger partial charge on any atom is -0.344 e. The number of nitrogens with one attached hydrogen (secondary N) is 3. The fraction of sp³-hybridized carbons (Fsp3) is 0.308. The van der Waals surface area contributed by atoms with Crippen LogP contribution in [-0.4, -0.2) is 48.2 Å². The van der Waals surface area contributed by atoms with Crippen molar-refractivity contribution in [3.63, 3.8) is 0 Å². The molecule has 216 valence electrons. The van der Waals surface area contributed by atoms with Crippen LogP contribution in [0, 0.1) is 5.92 Å². The van der Waals surface area contributed by atoms with Gasteiger partial charge >= 0.3 is 12.1 Å². The molecular formula is C26H24Cl2F5N3O4. The zero-order valence-corrected chi connectivity index (χ0v) is 22.5. The van der Waals surface area contributed by atoms with Crippen LogP contribution < -0.4 is 16.0 Å². The summed E-state index contributed by atoms with van der Waals surface area (Å²) >= 11 is 11.9. The van der Waals surface area contributed by atoms with E-state index in [4.69, 9.17) is 23.2 Å². The molecule has 0 heterocycles. The van der Waals surface area contributed by atoms with Crippen LogP contribution in [0.3, 0.4) is 0 Å². The van der Waals surface area contributed by atoms with E-state index >= 15 is 0 Å². The van der Waals surface area contributed by atoms with E-state index in [1.54, 1.807) is 6.07 Å². The fourth-order valence-electron chi connectivity index (χ4n) is 3.35. The first-order valence-corrected chi connectivity index (χ1v) is 12.3. The van der Waals surface area contributed by atoms with Crippen molar-refractivity contribution in [2.75, 3.05) is 6.54 Å². The van der Waals surface area contributed by atoms with Gasteiger partial charge in [-0.15, -0.1) is 0 Å². The van der Waals surface area contributed by atoms with Crippen molar-refractivity contribution < 1.29 is 41.1 Å². The number of alkyl halides is 5. The van der Waals surface area contributed by atoms with Crippen LogP contribution in [0.4, 0.5) is 22.0 Å². The molecule has 0 radical (unpaired) electrons. The maximum absolute atomic E-state index is 14.5. The third-order valence-electron chi connectivity index (χ3n) is 5.28. The number of rotatable bonds is 11. The van der Waals surface area contributed by atoms with Gasteiger partial charge in [0.1, 0.15) is 12.6 Å². The highest BCUT2D eigenvalue weighted by atomic mass is 35.5. The lowest BCUT2D eigenvalue weighted by atomic mass is 9.94. The van der Waals surface area contributed by atoms with Gasteiger partial charge in [-0.3, -0.25) is 19.2 Å². The second kappa shape index (κ2) is 13.7.